The normalized spacial score (nSPS) is 9.07. The number of benzene rings is 1. The fourth-order valence-corrected chi connectivity index (χ4v) is 0.937. The summed E-state index contributed by atoms with van der Waals surface area (Å²) in [5.74, 6) is 0.202. The van der Waals surface area contributed by atoms with Crippen molar-refractivity contribution < 1.29 is 9.66 Å². The SMILES string of the molecule is N#CCCOc1ccccc1[N+](=O)[O-]. The smallest absolute Gasteiger partial charge is 0.310 e. The molecule has 0 atom stereocenters. The lowest BCUT2D eigenvalue weighted by Crippen LogP contribution is -1.99. The molecule has 1 aromatic carbocycles. The van der Waals surface area contributed by atoms with Gasteiger partial charge >= 0.3 is 5.69 Å². The molecule has 0 amide bonds. The predicted octanol–water partition coefficient (Wildman–Crippen LogP) is 1.89. The molecule has 0 N–H and O–H groups in total. The molecule has 0 aromatic heterocycles. The quantitative estimate of drug-likeness (QED) is 0.414. The van der Waals surface area contributed by atoms with Gasteiger partial charge < -0.3 is 4.74 Å². The van der Waals surface area contributed by atoms with Crippen LogP contribution in [0.2, 0.25) is 0 Å². The zero-order valence-electron chi connectivity index (χ0n) is 7.34. The molecule has 72 valence electrons. The fraction of sp³-hybridized carbons (Fsp3) is 0.222. The Hall–Kier alpha value is -2.09. The van der Waals surface area contributed by atoms with Crippen LogP contribution in [-0.4, -0.2) is 11.5 Å². The van der Waals surface area contributed by atoms with Crippen molar-refractivity contribution in [3.8, 4) is 11.8 Å². The summed E-state index contributed by atoms with van der Waals surface area (Å²) >= 11 is 0. The first-order valence-corrected chi connectivity index (χ1v) is 3.99. The van der Waals surface area contributed by atoms with Crippen molar-refractivity contribution in [1.29, 1.82) is 5.26 Å². The second-order valence-corrected chi connectivity index (χ2v) is 2.48. The standard InChI is InChI=1S/C9H8N2O3/c10-6-3-7-14-9-5-2-1-4-8(9)11(12)13/h1-2,4-5H,3,7H2. The van der Waals surface area contributed by atoms with E-state index in [4.69, 9.17) is 10.00 Å². The van der Waals surface area contributed by atoms with Gasteiger partial charge in [-0.05, 0) is 6.07 Å². The van der Waals surface area contributed by atoms with Crippen LogP contribution in [0.3, 0.4) is 0 Å². The molecule has 0 heterocycles. The van der Waals surface area contributed by atoms with Gasteiger partial charge in [0.1, 0.15) is 6.61 Å². The highest BCUT2D eigenvalue weighted by Crippen LogP contribution is 2.25. The van der Waals surface area contributed by atoms with Gasteiger partial charge in [0, 0.05) is 6.07 Å². The van der Waals surface area contributed by atoms with E-state index < -0.39 is 4.92 Å². The first kappa shape index (κ1) is 9.99. The molecule has 1 rings (SSSR count). The first-order chi connectivity index (χ1) is 6.75. The van der Waals surface area contributed by atoms with E-state index in [1.807, 2.05) is 6.07 Å². The average Bonchev–Trinajstić information content (AvgIpc) is 2.19. The zero-order valence-corrected chi connectivity index (χ0v) is 7.34. The zero-order chi connectivity index (χ0) is 10.4. The van der Waals surface area contributed by atoms with Gasteiger partial charge in [-0.3, -0.25) is 10.1 Å². The molecule has 0 radical (unpaired) electrons. The third-order valence-corrected chi connectivity index (χ3v) is 1.53. The number of nitro benzene ring substituents is 1. The van der Waals surface area contributed by atoms with Crippen molar-refractivity contribution in [3.63, 3.8) is 0 Å². The Morgan fingerprint density at radius 1 is 1.50 bits per heavy atom. The highest BCUT2D eigenvalue weighted by molar-refractivity contribution is 5.45. The average molecular weight is 192 g/mol. The molecule has 0 saturated heterocycles. The second-order valence-electron chi connectivity index (χ2n) is 2.48. The number of nitriles is 1. The van der Waals surface area contributed by atoms with Crippen LogP contribution in [0.1, 0.15) is 6.42 Å². The number of ether oxygens (including phenoxy) is 1. The third kappa shape index (κ3) is 2.45. The molecule has 0 aliphatic carbocycles. The Morgan fingerprint density at radius 3 is 2.86 bits per heavy atom. The van der Waals surface area contributed by atoms with Gasteiger partial charge in [0.2, 0.25) is 0 Å². The molecule has 0 aliphatic rings. The number of para-hydroxylation sites is 2. The number of nitrogens with zero attached hydrogens (tertiary/aromatic N) is 2. The van der Waals surface area contributed by atoms with Crippen LogP contribution < -0.4 is 4.74 Å². The molecular weight excluding hydrogens is 184 g/mol. The summed E-state index contributed by atoms with van der Waals surface area (Å²) in [6, 6.07) is 7.98. The molecule has 0 unspecified atom stereocenters. The van der Waals surface area contributed by atoms with Gasteiger partial charge in [-0.2, -0.15) is 5.26 Å². The summed E-state index contributed by atoms with van der Waals surface area (Å²) in [5, 5.41) is 18.8. The Balaban J connectivity index is 2.75. The van der Waals surface area contributed by atoms with Gasteiger partial charge in [0.05, 0.1) is 17.4 Å². The minimum atomic E-state index is -0.512. The van der Waals surface area contributed by atoms with Crippen LogP contribution in [0.25, 0.3) is 0 Å². The number of hydrogen-bond donors (Lipinski definition) is 0. The largest absolute Gasteiger partial charge is 0.486 e. The van der Waals surface area contributed by atoms with Crippen molar-refractivity contribution >= 4 is 5.69 Å². The van der Waals surface area contributed by atoms with E-state index in [0.29, 0.717) is 0 Å². The van der Waals surface area contributed by atoms with E-state index >= 15 is 0 Å². The maximum atomic E-state index is 10.5. The molecule has 0 bridgehead atoms. The van der Waals surface area contributed by atoms with Crippen molar-refractivity contribution in [2.24, 2.45) is 0 Å². The molecule has 14 heavy (non-hydrogen) atoms. The lowest BCUT2D eigenvalue weighted by molar-refractivity contribution is -0.385. The van der Waals surface area contributed by atoms with Crippen molar-refractivity contribution in [1.82, 2.24) is 0 Å². The number of rotatable bonds is 4. The molecule has 0 saturated carbocycles. The van der Waals surface area contributed by atoms with E-state index in [-0.39, 0.29) is 24.5 Å². The predicted molar refractivity (Wildman–Crippen MR) is 48.8 cm³/mol. The summed E-state index contributed by atoms with van der Waals surface area (Å²) in [6.45, 7) is 0.168. The molecule has 1 aromatic rings. The van der Waals surface area contributed by atoms with Crippen LogP contribution in [-0.2, 0) is 0 Å². The summed E-state index contributed by atoms with van der Waals surface area (Å²) in [6.07, 6.45) is 0.214. The van der Waals surface area contributed by atoms with Gasteiger partial charge in [0.25, 0.3) is 0 Å². The van der Waals surface area contributed by atoms with Gasteiger partial charge in [-0.15, -0.1) is 0 Å². The van der Waals surface area contributed by atoms with E-state index in [9.17, 15) is 10.1 Å². The summed E-state index contributed by atoms with van der Waals surface area (Å²) in [7, 11) is 0. The Labute approximate surface area is 80.7 Å². The molecule has 0 spiro atoms. The maximum Gasteiger partial charge on any atom is 0.310 e. The number of nitro groups is 1. The fourth-order valence-electron chi connectivity index (χ4n) is 0.937. The van der Waals surface area contributed by atoms with Crippen LogP contribution in [0.15, 0.2) is 24.3 Å². The van der Waals surface area contributed by atoms with E-state index in [0.717, 1.165) is 0 Å². The van der Waals surface area contributed by atoms with E-state index in [2.05, 4.69) is 0 Å². The maximum absolute atomic E-state index is 10.5. The van der Waals surface area contributed by atoms with E-state index in [1.165, 1.54) is 12.1 Å². The topological polar surface area (TPSA) is 76.2 Å². The highest BCUT2D eigenvalue weighted by atomic mass is 16.6. The number of hydrogen-bond acceptors (Lipinski definition) is 4. The van der Waals surface area contributed by atoms with Crippen LogP contribution in [0, 0.1) is 21.4 Å². The Morgan fingerprint density at radius 2 is 2.21 bits per heavy atom. The molecule has 5 nitrogen and oxygen atoms in total. The van der Waals surface area contributed by atoms with Crippen molar-refractivity contribution in [2.75, 3.05) is 6.61 Å². The van der Waals surface area contributed by atoms with Gasteiger partial charge in [-0.1, -0.05) is 12.1 Å². The lowest BCUT2D eigenvalue weighted by atomic mass is 10.3. The van der Waals surface area contributed by atoms with E-state index in [1.54, 1.807) is 12.1 Å². The second kappa shape index (κ2) is 4.82. The minimum absolute atomic E-state index is 0.0783. The van der Waals surface area contributed by atoms with Crippen LogP contribution in [0.5, 0.6) is 5.75 Å². The summed E-state index contributed by atoms with van der Waals surface area (Å²) in [5.41, 5.74) is -0.0783. The first-order valence-electron chi connectivity index (χ1n) is 3.99. The Kier molecular flexibility index (Phi) is 3.44. The summed E-state index contributed by atoms with van der Waals surface area (Å²) < 4.78 is 5.07. The van der Waals surface area contributed by atoms with Crippen molar-refractivity contribution in [3.05, 3.63) is 34.4 Å². The Bertz CT molecular complexity index is 371. The van der Waals surface area contributed by atoms with Gasteiger partial charge in [0.15, 0.2) is 5.75 Å². The lowest BCUT2D eigenvalue weighted by Gasteiger charge is -2.03. The highest BCUT2D eigenvalue weighted by Gasteiger charge is 2.12. The van der Waals surface area contributed by atoms with Crippen LogP contribution in [0.4, 0.5) is 5.69 Å². The molecule has 0 aliphatic heterocycles. The minimum Gasteiger partial charge on any atom is -0.486 e. The molecule has 5 heteroatoms. The molecule has 0 fully saturated rings. The van der Waals surface area contributed by atoms with Crippen LogP contribution >= 0.6 is 0 Å². The van der Waals surface area contributed by atoms with Gasteiger partial charge in [-0.25, -0.2) is 0 Å². The van der Waals surface area contributed by atoms with Crippen molar-refractivity contribution in [2.45, 2.75) is 6.42 Å². The third-order valence-electron chi connectivity index (χ3n) is 1.53. The molecular formula is C9H8N2O3. The monoisotopic (exact) mass is 192 g/mol. The summed E-state index contributed by atoms with van der Waals surface area (Å²) in [4.78, 5) is 10.0.